The number of nitrogens with zero attached hydrogens (tertiary/aromatic N) is 2. The number of carbonyl (C=O) groups is 1. The molecule has 1 aliphatic rings. The number of likely N-dealkylation sites (N-methyl/N-ethyl adjacent to an activating group) is 1. The van der Waals surface area contributed by atoms with Crippen LogP contribution in [0.5, 0.6) is 17.2 Å². The molecule has 0 unspecified atom stereocenters. The third-order valence-electron chi connectivity index (χ3n) is 4.15. The highest BCUT2D eigenvalue weighted by molar-refractivity contribution is 9.10. The molecule has 2 aromatic rings. The molecule has 6 nitrogen and oxygen atoms in total. The lowest BCUT2D eigenvalue weighted by Crippen LogP contribution is -2.28. The first-order valence-electron chi connectivity index (χ1n) is 9.06. The minimum atomic E-state index is -0.105. The van der Waals surface area contributed by atoms with Gasteiger partial charge in [0.1, 0.15) is 5.75 Å². The van der Waals surface area contributed by atoms with Crippen molar-refractivity contribution in [3.05, 3.63) is 51.3 Å². The highest BCUT2D eigenvalue weighted by atomic mass is 79.9. The van der Waals surface area contributed by atoms with Gasteiger partial charge in [-0.2, -0.15) is 0 Å². The number of aromatic hydroxyl groups is 1. The molecule has 1 N–H and O–H groups in total. The molecule has 8 heteroatoms. The summed E-state index contributed by atoms with van der Waals surface area (Å²) in [7, 11) is 1.61. The molecule has 0 aliphatic carbocycles. The van der Waals surface area contributed by atoms with Crippen LogP contribution >= 0.6 is 27.7 Å². The SMILES string of the molecule is CCOc1cc(/C=C2/SC(=Nc3ccc(OC)cc3)N(CC)C2=O)cc(Br)c1O. The number of benzene rings is 2. The molecule has 1 fully saturated rings. The Kier molecular flexibility index (Phi) is 6.87. The zero-order valence-electron chi connectivity index (χ0n) is 16.3. The number of methoxy groups -OCH3 is 1. The van der Waals surface area contributed by atoms with Crippen LogP contribution in [0.15, 0.2) is 50.8 Å². The maximum atomic E-state index is 12.8. The molecule has 3 rings (SSSR count). The number of hydrogen-bond acceptors (Lipinski definition) is 6. The van der Waals surface area contributed by atoms with E-state index >= 15 is 0 Å². The van der Waals surface area contributed by atoms with Crippen LogP contribution in [0.4, 0.5) is 5.69 Å². The fourth-order valence-electron chi connectivity index (χ4n) is 2.73. The predicted octanol–water partition coefficient (Wildman–Crippen LogP) is 5.19. The standard InChI is InChI=1S/C21H21BrN2O4S/c1-4-24-20(26)18(12-13-10-16(22)19(25)17(11-13)28-5-2)29-21(24)23-14-6-8-15(27-3)9-7-14/h6-12,25H,4-5H2,1-3H3/b18-12+,23-21?. The topological polar surface area (TPSA) is 71.4 Å². The molecule has 0 saturated carbocycles. The molecule has 1 saturated heterocycles. The molecule has 0 bridgehead atoms. The molecule has 1 heterocycles. The first kappa shape index (κ1) is 21.3. The Morgan fingerprint density at radius 2 is 1.97 bits per heavy atom. The van der Waals surface area contributed by atoms with E-state index in [-0.39, 0.29) is 11.7 Å². The van der Waals surface area contributed by atoms with Crippen molar-refractivity contribution >= 4 is 50.5 Å². The Balaban J connectivity index is 1.93. The highest BCUT2D eigenvalue weighted by Crippen LogP contribution is 2.38. The number of aliphatic imine (C=N–C) groups is 1. The maximum absolute atomic E-state index is 12.8. The molecule has 152 valence electrons. The van der Waals surface area contributed by atoms with Gasteiger partial charge in [0, 0.05) is 6.54 Å². The van der Waals surface area contributed by atoms with Crippen LogP contribution in [0, 0.1) is 0 Å². The van der Waals surface area contributed by atoms with E-state index in [0.717, 1.165) is 17.0 Å². The summed E-state index contributed by atoms with van der Waals surface area (Å²) in [6.45, 7) is 4.70. The Morgan fingerprint density at radius 1 is 1.24 bits per heavy atom. The molecule has 0 aromatic heterocycles. The summed E-state index contributed by atoms with van der Waals surface area (Å²) < 4.78 is 11.1. The number of carbonyl (C=O) groups excluding carboxylic acids is 1. The zero-order chi connectivity index (χ0) is 21.0. The van der Waals surface area contributed by atoms with Crippen molar-refractivity contribution in [1.29, 1.82) is 0 Å². The molecule has 1 amide bonds. The summed E-state index contributed by atoms with van der Waals surface area (Å²) in [5, 5.41) is 10.7. The molecular weight excluding hydrogens is 456 g/mol. The van der Waals surface area contributed by atoms with Crippen LogP contribution in [-0.2, 0) is 4.79 Å². The second-order valence-corrected chi connectivity index (χ2v) is 7.90. The van der Waals surface area contributed by atoms with Crippen LogP contribution in [0.25, 0.3) is 6.08 Å². The number of phenolic OH excluding ortho intramolecular Hbond substituents is 1. The molecule has 0 radical (unpaired) electrons. The number of phenols is 1. The van der Waals surface area contributed by atoms with Crippen LogP contribution in [0.2, 0.25) is 0 Å². The van der Waals surface area contributed by atoms with E-state index in [4.69, 9.17) is 9.47 Å². The lowest BCUT2D eigenvalue weighted by molar-refractivity contribution is -0.122. The smallest absolute Gasteiger partial charge is 0.266 e. The van der Waals surface area contributed by atoms with Gasteiger partial charge in [-0.1, -0.05) is 0 Å². The first-order chi connectivity index (χ1) is 14.0. The van der Waals surface area contributed by atoms with Crippen molar-refractivity contribution in [2.75, 3.05) is 20.3 Å². The molecule has 1 aliphatic heterocycles. The van der Waals surface area contributed by atoms with Gasteiger partial charge in [-0.05, 0) is 89.6 Å². The normalized spacial score (nSPS) is 16.7. The molecule has 29 heavy (non-hydrogen) atoms. The Morgan fingerprint density at radius 3 is 2.59 bits per heavy atom. The number of halogens is 1. The fourth-order valence-corrected chi connectivity index (χ4v) is 4.25. The number of amidine groups is 1. The van der Waals surface area contributed by atoms with E-state index < -0.39 is 0 Å². The van der Waals surface area contributed by atoms with Gasteiger partial charge in [0.2, 0.25) is 0 Å². The summed E-state index contributed by atoms with van der Waals surface area (Å²) in [5.41, 5.74) is 1.49. The monoisotopic (exact) mass is 476 g/mol. The summed E-state index contributed by atoms with van der Waals surface area (Å²) in [4.78, 5) is 19.7. The van der Waals surface area contributed by atoms with E-state index in [2.05, 4.69) is 20.9 Å². The molecule has 2 aromatic carbocycles. The van der Waals surface area contributed by atoms with Crippen LogP contribution < -0.4 is 9.47 Å². The summed E-state index contributed by atoms with van der Waals surface area (Å²) in [6.07, 6.45) is 1.78. The van der Waals surface area contributed by atoms with Crippen LogP contribution in [0.3, 0.4) is 0 Å². The second-order valence-electron chi connectivity index (χ2n) is 6.03. The third kappa shape index (κ3) is 4.76. The highest BCUT2D eigenvalue weighted by Gasteiger charge is 2.32. The van der Waals surface area contributed by atoms with Gasteiger partial charge in [-0.15, -0.1) is 0 Å². The maximum Gasteiger partial charge on any atom is 0.266 e. The van der Waals surface area contributed by atoms with Gasteiger partial charge in [-0.25, -0.2) is 4.99 Å². The first-order valence-corrected chi connectivity index (χ1v) is 10.7. The van der Waals surface area contributed by atoms with Gasteiger partial charge in [0.05, 0.1) is 28.8 Å². The molecule has 0 spiro atoms. The Labute approximate surface area is 182 Å². The van der Waals surface area contributed by atoms with Crippen molar-refractivity contribution in [3.63, 3.8) is 0 Å². The number of hydrogen-bond donors (Lipinski definition) is 1. The van der Waals surface area contributed by atoms with Crippen molar-refractivity contribution < 1.29 is 19.4 Å². The van der Waals surface area contributed by atoms with Gasteiger partial charge in [-0.3, -0.25) is 9.69 Å². The summed E-state index contributed by atoms with van der Waals surface area (Å²) in [5.74, 6) is 1.05. The van der Waals surface area contributed by atoms with Crippen molar-refractivity contribution in [2.45, 2.75) is 13.8 Å². The summed E-state index contributed by atoms with van der Waals surface area (Å²) >= 11 is 4.65. The quantitative estimate of drug-likeness (QED) is 0.581. The number of thioether (sulfide) groups is 1. The predicted molar refractivity (Wildman–Crippen MR) is 120 cm³/mol. The summed E-state index contributed by atoms with van der Waals surface area (Å²) in [6, 6.07) is 10.8. The lowest BCUT2D eigenvalue weighted by atomic mass is 10.2. The van der Waals surface area contributed by atoms with E-state index in [1.54, 1.807) is 30.2 Å². The second kappa shape index (κ2) is 9.37. The van der Waals surface area contributed by atoms with Crippen molar-refractivity contribution in [1.82, 2.24) is 4.90 Å². The van der Waals surface area contributed by atoms with Gasteiger partial charge >= 0.3 is 0 Å². The fraction of sp³-hybridized carbons (Fsp3) is 0.238. The van der Waals surface area contributed by atoms with Gasteiger partial charge in [0.15, 0.2) is 16.7 Å². The zero-order valence-corrected chi connectivity index (χ0v) is 18.7. The minimum Gasteiger partial charge on any atom is -0.503 e. The van der Waals surface area contributed by atoms with Crippen molar-refractivity contribution in [2.24, 2.45) is 4.99 Å². The van der Waals surface area contributed by atoms with Gasteiger partial charge in [0.25, 0.3) is 5.91 Å². The van der Waals surface area contributed by atoms with E-state index in [1.807, 2.05) is 38.1 Å². The van der Waals surface area contributed by atoms with Crippen LogP contribution in [-0.4, -0.2) is 41.3 Å². The average molecular weight is 477 g/mol. The van der Waals surface area contributed by atoms with E-state index in [1.165, 1.54) is 11.8 Å². The number of rotatable bonds is 6. The van der Waals surface area contributed by atoms with Gasteiger partial charge < -0.3 is 14.6 Å². The molecule has 0 atom stereocenters. The largest absolute Gasteiger partial charge is 0.503 e. The van der Waals surface area contributed by atoms with Crippen LogP contribution in [0.1, 0.15) is 19.4 Å². The third-order valence-corrected chi connectivity index (χ3v) is 5.76. The average Bonchev–Trinajstić information content (AvgIpc) is 3.00. The van der Waals surface area contributed by atoms with Crippen molar-refractivity contribution in [3.8, 4) is 17.2 Å². The lowest BCUT2D eigenvalue weighted by Gasteiger charge is -2.12. The Hall–Kier alpha value is -2.45. The molecular formula is C21H21BrN2O4S. The minimum absolute atomic E-state index is 0.0383. The number of amides is 1. The number of ether oxygens (including phenoxy) is 2. The van der Waals surface area contributed by atoms with E-state index in [0.29, 0.717) is 33.4 Å². The van der Waals surface area contributed by atoms with E-state index in [9.17, 15) is 9.90 Å². The Bertz CT molecular complexity index is 973.